The summed E-state index contributed by atoms with van der Waals surface area (Å²) in [6, 6.07) is 8.72. The number of benzene rings is 1. The van der Waals surface area contributed by atoms with Gasteiger partial charge in [0.2, 0.25) is 0 Å². The molecule has 1 aromatic carbocycles. The van der Waals surface area contributed by atoms with Crippen LogP contribution >= 0.6 is 0 Å². The largest absolute Gasteiger partial charge is 2.00 e. The van der Waals surface area contributed by atoms with Crippen LogP contribution in [0.15, 0.2) is 48.6 Å². The first kappa shape index (κ1) is 18.4. The van der Waals surface area contributed by atoms with Gasteiger partial charge in [-0.3, -0.25) is 0 Å². The molecule has 94 valence electrons. The van der Waals surface area contributed by atoms with Crippen LogP contribution in [0.2, 0.25) is 0 Å². The van der Waals surface area contributed by atoms with Crippen molar-refractivity contribution < 1.29 is 26.5 Å². The molecule has 0 bridgehead atoms. The topological polar surface area (TPSA) is 0 Å². The first-order chi connectivity index (χ1) is 6.79. The van der Waals surface area contributed by atoms with Crippen molar-refractivity contribution in [2.24, 2.45) is 0 Å². The van der Waals surface area contributed by atoms with Gasteiger partial charge >= 0.3 is 17.1 Å². The minimum atomic E-state index is 0. The first-order valence-corrected chi connectivity index (χ1v) is 5.23. The van der Waals surface area contributed by atoms with Crippen LogP contribution in [0.5, 0.6) is 0 Å². The van der Waals surface area contributed by atoms with Crippen LogP contribution in [0.25, 0.3) is 0 Å². The van der Waals surface area contributed by atoms with Crippen LogP contribution < -0.4 is 9.41 Å². The number of hydrogen-bond acceptors (Lipinski definition) is 0. The average Bonchev–Trinajstić information content (AvgIpc) is 2.70. The maximum Gasteiger partial charge on any atom is 2.00 e. The molecule has 0 saturated heterocycles. The van der Waals surface area contributed by atoms with Crippen LogP contribution in [0.3, 0.4) is 0 Å². The molecule has 0 nitrogen and oxygen atoms in total. The van der Waals surface area contributed by atoms with Crippen LogP contribution in [0, 0.1) is 0 Å². The second kappa shape index (κ2) is 8.21. The van der Waals surface area contributed by atoms with Gasteiger partial charge < -0.3 is 9.41 Å². The monoisotopic (exact) mass is 278 g/mol. The maximum absolute atomic E-state index is 2.25. The quantitative estimate of drug-likeness (QED) is 0.550. The summed E-state index contributed by atoms with van der Waals surface area (Å²) in [6.07, 6.45) is 8.76. The van der Waals surface area contributed by atoms with Gasteiger partial charge in [-0.15, -0.1) is 0 Å². The molecule has 0 atom stereocenters. The zero-order valence-corrected chi connectivity index (χ0v) is 11.0. The van der Waals surface area contributed by atoms with Crippen molar-refractivity contribution >= 4 is 0 Å². The Morgan fingerprint density at radius 3 is 2.00 bits per heavy atom. The molecule has 1 aliphatic rings. The third kappa shape index (κ3) is 4.10. The number of rotatable bonds is 2. The van der Waals surface area contributed by atoms with E-state index in [1.807, 2.05) is 0 Å². The number of allylic oxidation sites excluding steroid dienone is 4. The van der Waals surface area contributed by atoms with Crippen molar-refractivity contribution in [2.75, 3.05) is 0 Å². The summed E-state index contributed by atoms with van der Waals surface area (Å²) in [5, 5.41) is 0. The minimum absolute atomic E-state index is 0. The summed E-state index contributed by atoms with van der Waals surface area (Å²) in [5.41, 5.74) is 2.92. The molecule has 0 N–H and O–H groups in total. The van der Waals surface area contributed by atoms with E-state index in [2.05, 4.69) is 62.4 Å². The van der Waals surface area contributed by atoms with Gasteiger partial charge in [-0.2, -0.15) is 0 Å². The second-order valence-corrected chi connectivity index (χ2v) is 4.08. The number of halogens is 2. The Labute approximate surface area is 112 Å². The Kier molecular flexibility index (Phi) is 8.91. The Balaban J connectivity index is 0. The normalized spacial score (nSPS) is 12.9. The fraction of sp³-hybridized carbons (Fsp3) is 0.286. The third-order valence-corrected chi connectivity index (χ3v) is 2.73. The van der Waals surface area contributed by atoms with Crippen LogP contribution in [0.1, 0.15) is 36.8 Å². The molecular formula is C14H16F2Fe. The molecule has 0 aromatic heterocycles. The summed E-state index contributed by atoms with van der Waals surface area (Å²) in [6.45, 7) is 4.50. The average molecular weight is 278 g/mol. The van der Waals surface area contributed by atoms with E-state index < -0.39 is 0 Å². The minimum Gasteiger partial charge on any atom is -1.00 e. The molecule has 0 heterocycles. The molecule has 0 radical (unpaired) electrons. The zero-order chi connectivity index (χ0) is 9.97. The van der Waals surface area contributed by atoms with Gasteiger partial charge in [0.25, 0.3) is 0 Å². The predicted molar refractivity (Wildman–Crippen MR) is 61.6 cm³/mol. The summed E-state index contributed by atoms with van der Waals surface area (Å²) >= 11 is 0. The second-order valence-electron chi connectivity index (χ2n) is 4.08. The summed E-state index contributed by atoms with van der Waals surface area (Å²) in [5.74, 6) is 1.10. The first-order valence-electron chi connectivity index (χ1n) is 5.23. The van der Waals surface area contributed by atoms with Crippen molar-refractivity contribution in [3.8, 4) is 0 Å². The standard InChI is InChI=1S/C14H16.2FH.Fe/c1-11(2)13-9-5-6-10-14(13)12-7-3-4-8-12;;;/h3-12H,1-2H3;2*1H;/q;;;+2/p-2. The predicted octanol–water partition coefficient (Wildman–Crippen LogP) is -1.97. The number of hydrogen-bond donors (Lipinski definition) is 0. The van der Waals surface area contributed by atoms with E-state index in [9.17, 15) is 0 Å². The molecule has 0 unspecified atom stereocenters. The van der Waals surface area contributed by atoms with Crippen molar-refractivity contribution in [1.29, 1.82) is 0 Å². The van der Waals surface area contributed by atoms with Crippen molar-refractivity contribution in [3.63, 3.8) is 0 Å². The molecular weight excluding hydrogens is 262 g/mol. The molecule has 1 aliphatic carbocycles. The van der Waals surface area contributed by atoms with Crippen LogP contribution in [0.4, 0.5) is 0 Å². The van der Waals surface area contributed by atoms with E-state index in [0.29, 0.717) is 11.8 Å². The van der Waals surface area contributed by atoms with Gasteiger partial charge in [0.1, 0.15) is 0 Å². The fourth-order valence-corrected chi connectivity index (χ4v) is 1.98. The van der Waals surface area contributed by atoms with E-state index in [1.54, 1.807) is 0 Å². The van der Waals surface area contributed by atoms with Gasteiger partial charge in [0.15, 0.2) is 0 Å². The fourth-order valence-electron chi connectivity index (χ4n) is 1.98. The van der Waals surface area contributed by atoms with Crippen LogP contribution in [-0.2, 0) is 17.1 Å². The molecule has 0 spiro atoms. The Bertz CT molecular complexity index is 372. The summed E-state index contributed by atoms with van der Waals surface area (Å²) in [4.78, 5) is 0. The van der Waals surface area contributed by atoms with Gasteiger partial charge in [-0.1, -0.05) is 62.4 Å². The van der Waals surface area contributed by atoms with Gasteiger partial charge in [0, 0.05) is 5.92 Å². The van der Waals surface area contributed by atoms with Crippen molar-refractivity contribution in [3.05, 3.63) is 59.7 Å². The molecule has 0 aliphatic heterocycles. The molecule has 2 rings (SSSR count). The summed E-state index contributed by atoms with van der Waals surface area (Å²) in [7, 11) is 0. The molecule has 0 saturated carbocycles. The molecule has 17 heavy (non-hydrogen) atoms. The van der Waals surface area contributed by atoms with E-state index in [-0.39, 0.29) is 26.5 Å². The Morgan fingerprint density at radius 2 is 1.47 bits per heavy atom. The summed E-state index contributed by atoms with van der Waals surface area (Å²) < 4.78 is 0. The van der Waals surface area contributed by atoms with Crippen molar-refractivity contribution in [2.45, 2.75) is 25.7 Å². The Morgan fingerprint density at radius 1 is 0.941 bits per heavy atom. The smallest absolute Gasteiger partial charge is 1.00 e. The van der Waals surface area contributed by atoms with E-state index >= 15 is 0 Å². The van der Waals surface area contributed by atoms with Gasteiger partial charge in [-0.25, -0.2) is 0 Å². The van der Waals surface area contributed by atoms with Crippen molar-refractivity contribution in [1.82, 2.24) is 0 Å². The van der Waals surface area contributed by atoms with Gasteiger partial charge in [0.05, 0.1) is 0 Å². The zero-order valence-electron chi connectivity index (χ0n) is 9.88. The van der Waals surface area contributed by atoms with Gasteiger partial charge in [-0.05, 0) is 17.0 Å². The van der Waals surface area contributed by atoms with E-state index in [4.69, 9.17) is 0 Å². The van der Waals surface area contributed by atoms with E-state index in [0.717, 1.165) is 0 Å². The maximum atomic E-state index is 2.25. The third-order valence-electron chi connectivity index (χ3n) is 2.73. The van der Waals surface area contributed by atoms with E-state index in [1.165, 1.54) is 11.1 Å². The molecule has 0 fully saturated rings. The molecule has 3 heteroatoms. The molecule has 1 aromatic rings. The Hall–Kier alpha value is -0.921. The molecule has 0 amide bonds. The SMILES string of the molecule is CC(C)c1ccccc1C1C=CC=C1.[F-].[F-].[Fe+2]. The van der Waals surface area contributed by atoms with Crippen LogP contribution in [-0.4, -0.2) is 0 Å².